The number of benzene rings is 2. The minimum Gasteiger partial charge on any atom is -0.392 e. The zero-order valence-corrected chi connectivity index (χ0v) is 22.1. The summed E-state index contributed by atoms with van der Waals surface area (Å²) in [5.74, 6) is -0.341. The van der Waals surface area contributed by atoms with E-state index in [-0.39, 0.29) is 19.1 Å². The van der Waals surface area contributed by atoms with Gasteiger partial charge < -0.3 is 14.6 Å². The molecular formula is C29H26F4N6O. The molecule has 0 amide bonds. The fourth-order valence-corrected chi connectivity index (χ4v) is 5.65. The summed E-state index contributed by atoms with van der Waals surface area (Å²) in [6.07, 6.45) is -0.688. The van der Waals surface area contributed by atoms with Crippen molar-refractivity contribution >= 4 is 16.9 Å². The molecule has 1 aliphatic heterocycles. The molecule has 0 radical (unpaired) electrons. The second kappa shape index (κ2) is 9.44. The van der Waals surface area contributed by atoms with E-state index < -0.39 is 17.6 Å². The van der Waals surface area contributed by atoms with Crippen molar-refractivity contribution in [1.29, 1.82) is 0 Å². The Labute approximate surface area is 227 Å². The predicted octanol–water partition coefficient (Wildman–Crippen LogP) is 5.65. The van der Waals surface area contributed by atoms with Crippen LogP contribution in [0, 0.1) is 19.7 Å². The maximum absolute atomic E-state index is 16.1. The third kappa shape index (κ3) is 4.12. The number of aliphatic hydroxyl groups is 1. The Morgan fingerprint density at radius 2 is 1.75 bits per heavy atom. The van der Waals surface area contributed by atoms with Gasteiger partial charge in [0, 0.05) is 67.2 Å². The van der Waals surface area contributed by atoms with Crippen LogP contribution in [0.25, 0.3) is 27.8 Å². The maximum Gasteiger partial charge on any atom is 0.419 e. The average Bonchev–Trinajstić information content (AvgIpc) is 3.48. The SMILES string of the molecule is Cc1cccc(C)c1-n1nc2c(c1-c1c(F)cc(CO)c3c1ccn3C)CN(c1ncc(C(F)(F)F)cn1)CC2. The Morgan fingerprint density at radius 1 is 1.05 bits per heavy atom. The summed E-state index contributed by atoms with van der Waals surface area (Å²) in [7, 11) is 1.84. The molecule has 5 aromatic rings. The van der Waals surface area contributed by atoms with Crippen LogP contribution in [0.5, 0.6) is 0 Å². The van der Waals surface area contributed by atoms with Gasteiger partial charge in [0.1, 0.15) is 5.82 Å². The maximum atomic E-state index is 16.1. The molecule has 3 aromatic heterocycles. The van der Waals surface area contributed by atoms with Crippen LogP contribution in [0.15, 0.2) is 48.9 Å². The van der Waals surface area contributed by atoms with Crippen molar-refractivity contribution < 1.29 is 22.7 Å². The molecular weight excluding hydrogens is 524 g/mol. The van der Waals surface area contributed by atoms with Crippen molar-refractivity contribution in [2.24, 2.45) is 7.05 Å². The predicted molar refractivity (Wildman–Crippen MR) is 143 cm³/mol. The van der Waals surface area contributed by atoms with E-state index in [1.54, 1.807) is 9.58 Å². The Morgan fingerprint density at radius 3 is 2.40 bits per heavy atom. The van der Waals surface area contributed by atoms with Gasteiger partial charge in [-0.2, -0.15) is 18.3 Å². The zero-order valence-electron chi connectivity index (χ0n) is 22.1. The van der Waals surface area contributed by atoms with E-state index in [0.717, 1.165) is 40.5 Å². The van der Waals surface area contributed by atoms with Gasteiger partial charge >= 0.3 is 6.18 Å². The number of hydrogen-bond acceptors (Lipinski definition) is 5. The number of aromatic nitrogens is 5. The fraction of sp³-hybridized carbons (Fsp3) is 0.276. The van der Waals surface area contributed by atoms with Crippen LogP contribution < -0.4 is 4.90 Å². The van der Waals surface area contributed by atoms with Crippen LogP contribution in [-0.4, -0.2) is 36.0 Å². The van der Waals surface area contributed by atoms with Crippen LogP contribution in [0.4, 0.5) is 23.5 Å². The molecule has 1 aliphatic rings. The highest BCUT2D eigenvalue weighted by atomic mass is 19.4. The quantitative estimate of drug-likeness (QED) is 0.293. The van der Waals surface area contributed by atoms with Crippen LogP contribution in [0.3, 0.4) is 0 Å². The topological polar surface area (TPSA) is 72.0 Å². The summed E-state index contributed by atoms with van der Waals surface area (Å²) in [6.45, 7) is 4.29. The average molecular weight is 551 g/mol. The van der Waals surface area contributed by atoms with E-state index >= 15 is 4.39 Å². The highest BCUT2D eigenvalue weighted by molar-refractivity contribution is 5.98. The first-order valence-corrected chi connectivity index (χ1v) is 12.8. The zero-order chi connectivity index (χ0) is 28.3. The first-order chi connectivity index (χ1) is 19.1. The highest BCUT2D eigenvalue weighted by Gasteiger charge is 2.33. The van der Waals surface area contributed by atoms with Crippen molar-refractivity contribution in [1.82, 2.24) is 24.3 Å². The number of halogens is 4. The van der Waals surface area contributed by atoms with Crippen molar-refractivity contribution in [2.75, 3.05) is 11.4 Å². The molecule has 0 unspecified atom stereocenters. The highest BCUT2D eigenvalue weighted by Crippen LogP contribution is 2.41. The minimum absolute atomic E-state index is 0.158. The van der Waals surface area contributed by atoms with Crippen LogP contribution in [0.1, 0.15) is 33.5 Å². The summed E-state index contributed by atoms with van der Waals surface area (Å²) >= 11 is 0. The molecule has 0 fully saturated rings. The molecule has 1 N–H and O–H groups in total. The van der Waals surface area contributed by atoms with E-state index in [9.17, 15) is 18.3 Å². The van der Waals surface area contributed by atoms with Gasteiger partial charge in [0.25, 0.3) is 0 Å². The Bertz CT molecular complexity index is 1730. The normalized spacial score (nSPS) is 13.8. The first-order valence-electron chi connectivity index (χ1n) is 12.8. The van der Waals surface area contributed by atoms with Gasteiger partial charge in [0.2, 0.25) is 5.95 Å². The van der Waals surface area contributed by atoms with Gasteiger partial charge in [-0.15, -0.1) is 0 Å². The Hall–Kier alpha value is -4.25. The van der Waals surface area contributed by atoms with Gasteiger partial charge in [0.15, 0.2) is 0 Å². The Balaban J connectivity index is 1.58. The van der Waals surface area contributed by atoms with Crippen LogP contribution in [0.2, 0.25) is 0 Å². The summed E-state index contributed by atoms with van der Waals surface area (Å²) in [5, 5.41) is 15.6. The number of aliphatic hydroxyl groups excluding tert-OH is 1. The summed E-state index contributed by atoms with van der Waals surface area (Å²) in [6, 6.07) is 9.07. The van der Waals surface area contributed by atoms with Gasteiger partial charge in [-0.3, -0.25) is 0 Å². The monoisotopic (exact) mass is 550 g/mol. The summed E-state index contributed by atoms with van der Waals surface area (Å²) in [5.41, 5.74) is 5.43. The number of aryl methyl sites for hydroxylation is 3. The molecule has 2 aromatic carbocycles. The number of fused-ring (bicyclic) bond motifs is 2. The number of hydrogen-bond donors (Lipinski definition) is 1. The van der Waals surface area contributed by atoms with E-state index in [2.05, 4.69) is 9.97 Å². The molecule has 0 bridgehead atoms. The lowest BCUT2D eigenvalue weighted by Gasteiger charge is -2.27. The lowest BCUT2D eigenvalue weighted by Crippen LogP contribution is -2.31. The van der Waals surface area contributed by atoms with Crippen molar-refractivity contribution in [2.45, 2.75) is 39.6 Å². The fourth-order valence-electron chi connectivity index (χ4n) is 5.65. The standard InChI is InChI=1S/C29H26F4N6O/c1-16-5-4-6-17(2)25(16)39-27(24-20-7-9-37(3)26(20)18(15-40)11-22(24)30)21-14-38(10-8-23(21)36-39)28-34-12-19(13-35-28)29(31,32)33/h4-7,9,11-13,40H,8,10,14-15H2,1-3H3. The van der Waals surface area contributed by atoms with E-state index in [1.165, 1.54) is 6.07 Å². The van der Waals surface area contributed by atoms with Crippen LogP contribution >= 0.6 is 0 Å². The lowest BCUT2D eigenvalue weighted by molar-refractivity contribution is -0.138. The van der Waals surface area contributed by atoms with Crippen LogP contribution in [-0.2, 0) is 32.8 Å². The van der Waals surface area contributed by atoms with E-state index in [1.807, 2.05) is 55.9 Å². The number of rotatable bonds is 4. The Kier molecular flexibility index (Phi) is 6.14. The molecule has 40 heavy (non-hydrogen) atoms. The molecule has 0 atom stereocenters. The van der Waals surface area contributed by atoms with Gasteiger partial charge in [-0.05, 0) is 37.1 Å². The van der Waals surface area contributed by atoms with Gasteiger partial charge in [-0.25, -0.2) is 19.0 Å². The summed E-state index contributed by atoms with van der Waals surface area (Å²) in [4.78, 5) is 9.77. The molecule has 0 aliphatic carbocycles. The number of alkyl halides is 3. The third-order valence-electron chi connectivity index (χ3n) is 7.53. The van der Waals surface area contributed by atoms with Gasteiger partial charge in [-0.1, -0.05) is 18.2 Å². The van der Waals surface area contributed by atoms with Crippen molar-refractivity contribution in [3.63, 3.8) is 0 Å². The van der Waals surface area contributed by atoms with E-state index in [0.29, 0.717) is 40.7 Å². The molecule has 11 heteroatoms. The van der Waals surface area contributed by atoms with Crippen molar-refractivity contribution in [3.8, 4) is 16.9 Å². The molecule has 7 nitrogen and oxygen atoms in total. The summed E-state index contributed by atoms with van der Waals surface area (Å²) < 4.78 is 59.0. The first kappa shape index (κ1) is 26.0. The molecule has 4 heterocycles. The number of para-hydroxylation sites is 1. The van der Waals surface area contributed by atoms with Crippen molar-refractivity contribution in [3.05, 3.63) is 88.3 Å². The second-order valence-corrected chi connectivity index (χ2v) is 10.1. The molecule has 6 rings (SSSR count). The molecule has 0 saturated heterocycles. The largest absolute Gasteiger partial charge is 0.419 e. The number of anilines is 1. The third-order valence-corrected chi connectivity index (χ3v) is 7.53. The van der Waals surface area contributed by atoms with Gasteiger partial charge in [0.05, 0.1) is 34.8 Å². The second-order valence-electron chi connectivity index (χ2n) is 10.1. The minimum atomic E-state index is -4.54. The number of nitrogens with zero attached hydrogens (tertiary/aromatic N) is 6. The molecule has 0 spiro atoms. The smallest absolute Gasteiger partial charge is 0.392 e. The lowest BCUT2D eigenvalue weighted by atomic mass is 9.96. The molecule has 0 saturated carbocycles. The van der Waals surface area contributed by atoms with E-state index in [4.69, 9.17) is 5.10 Å². The molecule has 206 valence electrons.